The minimum atomic E-state index is -0.377. The van der Waals surface area contributed by atoms with E-state index < -0.39 is 0 Å². The number of nitrogens with one attached hydrogen (secondary N) is 1. The number of hydrogen-bond acceptors (Lipinski definition) is 3. The smallest absolute Gasteiger partial charge is 0.262 e. The highest BCUT2D eigenvalue weighted by molar-refractivity contribution is 14.1. The highest BCUT2D eigenvalue weighted by Crippen LogP contribution is 2.33. The summed E-state index contributed by atoms with van der Waals surface area (Å²) in [6.45, 7) is 4.17. The molecule has 0 aliphatic rings. The van der Waals surface area contributed by atoms with Gasteiger partial charge < -0.3 is 10.1 Å². The van der Waals surface area contributed by atoms with Gasteiger partial charge in [0.05, 0.1) is 8.04 Å². The second-order valence-electron chi connectivity index (χ2n) is 6.03. The van der Waals surface area contributed by atoms with Gasteiger partial charge in [-0.25, -0.2) is 0 Å². The van der Waals surface area contributed by atoms with E-state index in [0.717, 1.165) is 24.9 Å². The molecule has 0 unspecified atom stereocenters. The quantitative estimate of drug-likeness (QED) is 0.249. The Balaban J connectivity index is 2.20. The lowest BCUT2D eigenvalue weighted by Crippen LogP contribution is -2.30. The lowest BCUT2D eigenvalue weighted by Gasteiger charge is -2.12. The van der Waals surface area contributed by atoms with Crippen LogP contribution in [-0.4, -0.2) is 11.9 Å². The maximum absolute atomic E-state index is 12.1. The van der Waals surface area contributed by atoms with Crippen molar-refractivity contribution in [1.82, 2.24) is 5.32 Å². The van der Waals surface area contributed by atoms with Crippen LogP contribution in [0.5, 0.6) is 5.75 Å². The Morgan fingerprint density at radius 2 is 1.96 bits per heavy atom. The predicted octanol–water partition coefficient (Wildman–Crippen LogP) is 5.67. The van der Waals surface area contributed by atoms with Crippen molar-refractivity contribution in [3.8, 4) is 11.8 Å². The molecule has 0 aromatic heterocycles. The van der Waals surface area contributed by atoms with Crippen molar-refractivity contribution in [2.75, 3.05) is 0 Å². The number of nitriles is 1. The summed E-state index contributed by atoms with van der Waals surface area (Å²) < 4.78 is 8.80. The summed E-state index contributed by atoms with van der Waals surface area (Å²) in [5.74, 6) is 0.356. The van der Waals surface area contributed by atoms with Crippen LogP contribution >= 0.6 is 61.1 Å². The van der Waals surface area contributed by atoms with Gasteiger partial charge in [-0.15, -0.1) is 0 Å². The van der Waals surface area contributed by atoms with E-state index >= 15 is 0 Å². The average Bonchev–Trinajstić information content (AvgIpc) is 2.59. The van der Waals surface area contributed by atoms with E-state index in [1.807, 2.05) is 56.3 Å². The van der Waals surface area contributed by atoms with Crippen LogP contribution in [0.4, 0.5) is 0 Å². The SMILES string of the molecule is CC(C)NC(=O)/C(C#N)=C\c1cc(Br)c(OCc2ccc(I)cc2)c(I)c1. The van der Waals surface area contributed by atoms with Gasteiger partial charge in [-0.3, -0.25) is 4.79 Å². The summed E-state index contributed by atoms with van der Waals surface area (Å²) >= 11 is 7.98. The first-order chi connectivity index (χ1) is 12.8. The van der Waals surface area contributed by atoms with Crippen molar-refractivity contribution < 1.29 is 9.53 Å². The van der Waals surface area contributed by atoms with Crippen LogP contribution in [-0.2, 0) is 11.4 Å². The minimum Gasteiger partial charge on any atom is -0.487 e. The second-order valence-corrected chi connectivity index (χ2v) is 9.29. The zero-order valence-electron chi connectivity index (χ0n) is 14.7. The number of carbonyl (C=O) groups excluding carboxylic acids is 1. The summed E-state index contributed by atoms with van der Waals surface area (Å²) in [7, 11) is 0. The lowest BCUT2D eigenvalue weighted by molar-refractivity contribution is -0.117. The molecular weight excluding hydrogens is 634 g/mol. The summed E-state index contributed by atoms with van der Waals surface area (Å²) in [5.41, 5.74) is 1.90. The van der Waals surface area contributed by atoms with Crippen LogP contribution in [0.2, 0.25) is 0 Å². The highest BCUT2D eigenvalue weighted by Gasteiger charge is 2.13. The molecule has 0 atom stereocenters. The van der Waals surface area contributed by atoms with Crippen LogP contribution in [0.15, 0.2) is 46.4 Å². The average molecular weight is 651 g/mol. The molecule has 140 valence electrons. The molecule has 0 aliphatic carbocycles. The molecule has 4 nitrogen and oxygen atoms in total. The number of nitrogens with zero attached hydrogens (tertiary/aromatic N) is 1. The predicted molar refractivity (Wildman–Crippen MR) is 127 cm³/mol. The van der Waals surface area contributed by atoms with Crippen molar-refractivity contribution in [1.29, 1.82) is 5.26 Å². The van der Waals surface area contributed by atoms with E-state index in [9.17, 15) is 10.1 Å². The second kappa shape index (κ2) is 10.4. The molecule has 7 heteroatoms. The Kier molecular flexibility index (Phi) is 8.57. The van der Waals surface area contributed by atoms with Crippen molar-refractivity contribution in [2.45, 2.75) is 26.5 Å². The van der Waals surface area contributed by atoms with E-state index in [1.54, 1.807) is 6.08 Å². The van der Waals surface area contributed by atoms with Crippen molar-refractivity contribution in [3.63, 3.8) is 0 Å². The highest BCUT2D eigenvalue weighted by atomic mass is 127. The Bertz CT molecular complexity index is 880. The molecule has 0 saturated carbocycles. The first-order valence-corrected chi connectivity index (χ1v) is 11.0. The van der Waals surface area contributed by atoms with Crippen LogP contribution in [0.25, 0.3) is 6.08 Å². The molecular formula is C20H17BrI2N2O2. The first kappa shape index (κ1) is 22.2. The van der Waals surface area contributed by atoms with E-state index in [0.29, 0.717) is 6.61 Å². The molecule has 1 amide bonds. The number of halogens is 3. The fraction of sp³-hybridized carbons (Fsp3) is 0.200. The number of carbonyl (C=O) groups is 1. The third-order valence-corrected chi connectivity index (χ3v) is 5.52. The van der Waals surface area contributed by atoms with Gasteiger partial charge in [0.15, 0.2) is 0 Å². The Labute approximate surface area is 194 Å². The number of ether oxygens (including phenoxy) is 1. The van der Waals surface area contributed by atoms with Crippen molar-refractivity contribution in [3.05, 3.63) is 64.7 Å². The van der Waals surface area contributed by atoms with E-state index in [4.69, 9.17) is 4.74 Å². The van der Waals surface area contributed by atoms with Crippen LogP contribution in [0.1, 0.15) is 25.0 Å². The maximum atomic E-state index is 12.1. The third-order valence-electron chi connectivity index (χ3n) is 3.41. The monoisotopic (exact) mass is 650 g/mol. The van der Waals surface area contributed by atoms with Gasteiger partial charge in [-0.05, 0) is 116 Å². The summed E-state index contributed by atoms with van der Waals surface area (Å²) in [6, 6.07) is 13.8. The summed E-state index contributed by atoms with van der Waals surface area (Å²) in [6.07, 6.45) is 1.58. The zero-order chi connectivity index (χ0) is 20.0. The molecule has 2 aromatic carbocycles. The maximum Gasteiger partial charge on any atom is 0.262 e. The minimum absolute atomic E-state index is 0.0295. The molecule has 0 aliphatic heterocycles. The largest absolute Gasteiger partial charge is 0.487 e. The van der Waals surface area contributed by atoms with Gasteiger partial charge in [0, 0.05) is 9.61 Å². The Morgan fingerprint density at radius 3 is 2.52 bits per heavy atom. The Hall–Kier alpha value is -1.12. The third kappa shape index (κ3) is 6.76. The lowest BCUT2D eigenvalue weighted by atomic mass is 10.1. The molecule has 0 fully saturated rings. The van der Waals surface area contributed by atoms with Gasteiger partial charge >= 0.3 is 0 Å². The van der Waals surface area contributed by atoms with Crippen molar-refractivity contribution in [2.24, 2.45) is 0 Å². The number of amides is 1. The molecule has 0 saturated heterocycles. The fourth-order valence-electron chi connectivity index (χ4n) is 2.19. The van der Waals surface area contributed by atoms with Gasteiger partial charge in [0.2, 0.25) is 0 Å². The number of benzene rings is 2. The van der Waals surface area contributed by atoms with Gasteiger partial charge in [0.1, 0.15) is 24.0 Å². The molecule has 0 spiro atoms. The van der Waals surface area contributed by atoms with Crippen LogP contribution in [0, 0.1) is 18.5 Å². The molecule has 27 heavy (non-hydrogen) atoms. The molecule has 0 radical (unpaired) electrons. The fourth-order valence-corrected chi connectivity index (χ4v) is 4.32. The van der Waals surface area contributed by atoms with Gasteiger partial charge in [-0.2, -0.15) is 5.26 Å². The summed E-state index contributed by atoms with van der Waals surface area (Å²) in [5, 5.41) is 12.0. The first-order valence-electron chi connectivity index (χ1n) is 8.09. The molecule has 1 N–H and O–H groups in total. The summed E-state index contributed by atoms with van der Waals surface area (Å²) in [4.78, 5) is 12.1. The normalized spacial score (nSPS) is 11.2. The van der Waals surface area contributed by atoms with E-state index in [1.165, 1.54) is 3.57 Å². The van der Waals surface area contributed by atoms with E-state index in [2.05, 4.69) is 66.4 Å². The molecule has 0 bridgehead atoms. The van der Waals surface area contributed by atoms with E-state index in [-0.39, 0.29) is 17.5 Å². The van der Waals surface area contributed by atoms with Gasteiger partial charge in [-0.1, -0.05) is 12.1 Å². The molecule has 2 aromatic rings. The number of rotatable bonds is 6. The topological polar surface area (TPSA) is 62.1 Å². The number of hydrogen-bond donors (Lipinski definition) is 1. The van der Waals surface area contributed by atoms with Crippen LogP contribution in [0.3, 0.4) is 0 Å². The van der Waals surface area contributed by atoms with Crippen LogP contribution < -0.4 is 10.1 Å². The molecule has 2 rings (SSSR count). The zero-order valence-corrected chi connectivity index (χ0v) is 20.6. The standard InChI is InChI=1S/C20H17BrI2N2O2/c1-12(2)25-20(26)15(10-24)7-14-8-17(21)19(18(23)9-14)27-11-13-3-5-16(22)6-4-13/h3-9,12H,11H2,1-2H3,(H,25,26)/b15-7-. The Morgan fingerprint density at radius 1 is 1.30 bits per heavy atom. The van der Waals surface area contributed by atoms with Crippen molar-refractivity contribution >= 4 is 73.1 Å². The molecule has 0 heterocycles. The van der Waals surface area contributed by atoms with Gasteiger partial charge in [0.25, 0.3) is 5.91 Å².